The number of hydrogen-bond donors (Lipinski definition) is 2. The fourth-order valence-electron chi connectivity index (χ4n) is 4.19. The van der Waals surface area contributed by atoms with Gasteiger partial charge in [0.05, 0.1) is 10.9 Å². The third-order valence-corrected chi connectivity index (χ3v) is 5.87. The van der Waals surface area contributed by atoms with Gasteiger partial charge in [0.15, 0.2) is 5.65 Å². The molecule has 1 fully saturated rings. The zero-order chi connectivity index (χ0) is 22.1. The molecular weight excluding hydrogens is 404 g/mol. The van der Waals surface area contributed by atoms with Gasteiger partial charge in [0.2, 0.25) is 0 Å². The second-order valence-corrected chi connectivity index (χ2v) is 8.09. The Balaban J connectivity index is 1.68. The molecule has 5 rings (SSSR count). The predicted octanol–water partition coefficient (Wildman–Crippen LogP) is 4.69. The van der Waals surface area contributed by atoms with E-state index in [0.29, 0.717) is 0 Å². The van der Waals surface area contributed by atoms with Crippen LogP contribution in [0.5, 0.6) is 0 Å². The van der Waals surface area contributed by atoms with Gasteiger partial charge in [-0.05, 0) is 55.2 Å². The summed E-state index contributed by atoms with van der Waals surface area (Å²) < 4.78 is 7.57. The van der Waals surface area contributed by atoms with Crippen LogP contribution in [0.2, 0.25) is 0 Å². The monoisotopic (exact) mass is 428 g/mol. The minimum absolute atomic E-state index is 0.257. The number of aromatic nitrogens is 3. The molecule has 32 heavy (non-hydrogen) atoms. The van der Waals surface area contributed by atoms with Gasteiger partial charge in [0.1, 0.15) is 12.1 Å². The molecule has 0 aliphatic carbocycles. The highest BCUT2D eigenvalue weighted by Crippen LogP contribution is 2.36. The molecular formula is C25H24N4O3. The van der Waals surface area contributed by atoms with Gasteiger partial charge in [-0.3, -0.25) is 0 Å². The fourth-order valence-corrected chi connectivity index (χ4v) is 4.19. The smallest absolute Gasteiger partial charge is 0.335 e. The SMILES string of the molecule is Cc1cccc(-n2cc(-c3ccc(C(=O)O)cc3)c3c(NC4CCOCC4)ncnc32)c1. The minimum atomic E-state index is -0.941. The number of ether oxygens (including phenoxy) is 1. The molecule has 1 saturated heterocycles. The third-order valence-electron chi connectivity index (χ3n) is 5.87. The van der Waals surface area contributed by atoms with E-state index in [1.54, 1.807) is 18.5 Å². The molecule has 2 aromatic carbocycles. The van der Waals surface area contributed by atoms with Crippen LogP contribution in [-0.4, -0.2) is 44.9 Å². The number of fused-ring (bicyclic) bond motifs is 1. The van der Waals surface area contributed by atoms with Gasteiger partial charge >= 0.3 is 5.97 Å². The molecule has 0 radical (unpaired) electrons. The van der Waals surface area contributed by atoms with Crippen molar-refractivity contribution in [1.82, 2.24) is 14.5 Å². The van der Waals surface area contributed by atoms with Gasteiger partial charge in [-0.15, -0.1) is 0 Å². The maximum Gasteiger partial charge on any atom is 0.335 e. The molecule has 0 atom stereocenters. The van der Waals surface area contributed by atoms with Crippen molar-refractivity contribution in [2.45, 2.75) is 25.8 Å². The third kappa shape index (κ3) is 3.83. The second kappa shape index (κ2) is 8.43. The molecule has 1 aliphatic heterocycles. The molecule has 2 N–H and O–H groups in total. The highest BCUT2D eigenvalue weighted by atomic mass is 16.5. The van der Waals surface area contributed by atoms with E-state index in [0.717, 1.165) is 65.3 Å². The maximum absolute atomic E-state index is 11.3. The average Bonchev–Trinajstić information content (AvgIpc) is 3.21. The Morgan fingerprint density at radius 3 is 2.62 bits per heavy atom. The predicted molar refractivity (Wildman–Crippen MR) is 123 cm³/mol. The summed E-state index contributed by atoms with van der Waals surface area (Å²) in [5, 5.41) is 13.8. The Hall–Kier alpha value is -3.71. The Morgan fingerprint density at radius 1 is 1.12 bits per heavy atom. The lowest BCUT2D eigenvalue weighted by Gasteiger charge is -2.24. The van der Waals surface area contributed by atoms with E-state index >= 15 is 0 Å². The van der Waals surface area contributed by atoms with Gasteiger partial charge in [-0.1, -0.05) is 24.3 Å². The van der Waals surface area contributed by atoms with E-state index in [9.17, 15) is 9.90 Å². The van der Waals surface area contributed by atoms with Crippen molar-refractivity contribution in [2.75, 3.05) is 18.5 Å². The van der Waals surface area contributed by atoms with E-state index < -0.39 is 5.97 Å². The second-order valence-electron chi connectivity index (χ2n) is 8.09. The van der Waals surface area contributed by atoms with Crippen molar-refractivity contribution in [1.29, 1.82) is 0 Å². The average molecular weight is 428 g/mol. The fraction of sp³-hybridized carbons (Fsp3) is 0.240. The van der Waals surface area contributed by atoms with Crippen molar-refractivity contribution >= 4 is 22.8 Å². The number of carboxylic acid groups (broad SMARTS) is 1. The highest BCUT2D eigenvalue weighted by molar-refractivity contribution is 6.02. The largest absolute Gasteiger partial charge is 0.478 e. The lowest BCUT2D eigenvalue weighted by molar-refractivity contribution is 0.0697. The van der Waals surface area contributed by atoms with Crippen molar-refractivity contribution in [2.24, 2.45) is 0 Å². The number of anilines is 1. The molecule has 4 aromatic rings. The van der Waals surface area contributed by atoms with Crippen LogP contribution in [0.4, 0.5) is 5.82 Å². The summed E-state index contributed by atoms with van der Waals surface area (Å²) in [6.07, 6.45) is 5.49. The zero-order valence-corrected chi connectivity index (χ0v) is 17.8. The van der Waals surface area contributed by atoms with Crippen LogP contribution in [0, 0.1) is 6.92 Å². The molecule has 2 aromatic heterocycles. The van der Waals surface area contributed by atoms with Crippen molar-refractivity contribution in [3.8, 4) is 16.8 Å². The van der Waals surface area contributed by atoms with Gasteiger partial charge in [0, 0.05) is 36.7 Å². The molecule has 0 bridgehead atoms. The normalized spacial score (nSPS) is 14.5. The van der Waals surface area contributed by atoms with Crippen LogP contribution in [-0.2, 0) is 4.74 Å². The first-order chi connectivity index (χ1) is 15.6. The summed E-state index contributed by atoms with van der Waals surface area (Å²) in [7, 11) is 0. The Labute approximate surface area is 185 Å². The van der Waals surface area contributed by atoms with Crippen molar-refractivity contribution in [3.05, 3.63) is 72.2 Å². The lowest BCUT2D eigenvalue weighted by Crippen LogP contribution is -2.28. The number of nitrogens with zero attached hydrogens (tertiary/aromatic N) is 3. The van der Waals surface area contributed by atoms with Gasteiger partial charge < -0.3 is 19.7 Å². The quantitative estimate of drug-likeness (QED) is 0.480. The molecule has 7 heteroatoms. The zero-order valence-electron chi connectivity index (χ0n) is 17.8. The first-order valence-corrected chi connectivity index (χ1v) is 10.7. The van der Waals surface area contributed by atoms with Gasteiger partial charge in [-0.25, -0.2) is 14.8 Å². The van der Waals surface area contributed by atoms with E-state index in [1.807, 2.05) is 18.2 Å². The highest BCUT2D eigenvalue weighted by Gasteiger charge is 2.21. The summed E-state index contributed by atoms with van der Waals surface area (Å²) in [6, 6.07) is 15.5. The molecule has 1 aliphatic rings. The number of carbonyl (C=O) groups is 1. The summed E-state index contributed by atoms with van der Waals surface area (Å²) >= 11 is 0. The van der Waals surface area contributed by atoms with E-state index in [1.165, 1.54) is 0 Å². The number of aryl methyl sites for hydroxylation is 1. The Morgan fingerprint density at radius 2 is 1.91 bits per heavy atom. The summed E-state index contributed by atoms with van der Waals surface area (Å²) in [4.78, 5) is 20.5. The molecule has 3 heterocycles. The van der Waals surface area contributed by atoms with Crippen LogP contribution in [0.3, 0.4) is 0 Å². The van der Waals surface area contributed by atoms with Crippen LogP contribution in [0.15, 0.2) is 61.1 Å². The molecule has 162 valence electrons. The number of benzene rings is 2. The Kier molecular flexibility index (Phi) is 5.33. The summed E-state index contributed by atoms with van der Waals surface area (Å²) in [5.74, 6) is -0.158. The van der Waals surface area contributed by atoms with E-state index in [-0.39, 0.29) is 11.6 Å². The number of rotatable bonds is 5. The molecule has 0 spiro atoms. The van der Waals surface area contributed by atoms with E-state index in [4.69, 9.17) is 4.74 Å². The topological polar surface area (TPSA) is 89.3 Å². The first kappa shape index (κ1) is 20.2. The lowest BCUT2D eigenvalue weighted by atomic mass is 10.0. The number of aromatic carboxylic acids is 1. The van der Waals surface area contributed by atoms with Crippen LogP contribution >= 0.6 is 0 Å². The van der Waals surface area contributed by atoms with E-state index in [2.05, 4.69) is 51.2 Å². The molecule has 0 amide bonds. The van der Waals surface area contributed by atoms with Crippen molar-refractivity contribution in [3.63, 3.8) is 0 Å². The van der Waals surface area contributed by atoms with Gasteiger partial charge in [-0.2, -0.15) is 0 Å². The summed E-state index contributed by atoms with van der Waals surface area (Å²) in [5.41, 5.74) is 5.10. The van der Waals surface area contributed by atoms with Gasteiger partial charge in [0.25, 0.3) is 0 Å². The molecule has 7 nitrogen and oxygen atoms in total. The maximum atomic E-state index is 11.3. The number of carboxylic acids is 1. The number of hydrogen-bond acceptors (Lipinski definition) is 5. The minimum Gasteiger partial charge on any atom is -0.478 e. The standard InChI is InChI=1S/C25H24N4O3/c1-16-3-2-4-20(13-16)29-14-21(17-5-7-18(8-6-17)25(30)31)22-23(26-15-27-24(22)29)28-19-9-11-32-12-10-19/h2-8,13-15,19H,9-12H2,1H3,(H,30,31)(H,26,27,28). The van der Waals surface area contributed by atoms with Crippen LogP contribution < -0.4 is 5.32 Å². The molecule has 0 unspecified atom stereocenters. The van der Waals surface area contributed by atoms with Crippen molar-refractivity contribution < 1.29 is 14.6 Å². The Bertz CT molecular complexity index is 1270. The summed E-state index contributed by atoms with van der Waals surface area (Å²) in [6.45, 7) is 3.53. The first-order valence-electron chi connectivity index (χ1n) is 10.7. The van der Waals surface area contributed by atoms with Crippen LogP contribution in [0.1, 0.15) is 28.8 Å². The molecule has 0 saturated carbocycles. The number of nitrogens with one attached hydrogen (secondary N) is 1. The van der Waals surface area contributed by atoms with Crippen LogP contribution in [0.25, 0.3) is 27.8 Å².